The third kappa shape index (κ3) is 2.93. The summed E-state index contributed by atoms with van der Waals surface area (Å²) in [4.78, 5) is 23.5. The number of nitrogens with one attached hydrogen (secondary N) is 1. The second kappa shape index (κ2) is 6.34. The van der Waals surface area contributed by atoms with E-state index in [9.17, 15) is 9.18 Å². The molecule has 0 saturated heterocycles. The summed E-state index contributed by atoms with van der Waals surface area (Å²) in [6.07, 6.45) is 4.26. The molecule has 27 heavy (non-hydrogen) atoms. The summed E-state index contributed by atoms with van der Waals surface area (Å²) < 4.78 is 13.0. The van der Waals surface area contributed by atoms with Crippen LogP contribution in [0.15, 0.2) is 29.1 Å². The van der Waals surface area contributed by atoms with Crippen molar-refractivity contribution >= 4 is 21.6 Å². The first-order valence-electron chi connectivity index (χ1n) is 8.74. The zero-order chi connectivity index (χ0) is 18.4. The lowest BCUT2D eigenvalue weighted by atomic mass is 9.97. The first-order chi connectivity index (χ1) is 13.2. The van der Waals surface area contributed by atoms with Gasteiger partial charge in [-0.05, 0) is 60.7 Å². The summed E-state index contributed by atoms with van der Waals surface area (Å²) in [5.41, 5.74) is 1.73. The van der Waals surface area contributed by atoms with Crippen LogP contribution in [0.4, 0.5) is 4.39 Å². The van der Waals surface area contributed by atoms with E-state index in [4.69, 9.17) is 0 Å². The van der Waals surface area contributed by atoms with Gasteiger partial charge in [-0.2, -0.15) is 4.80 Å². The first kappa shape index (κ1) is 16.2. The Morgan fingerprint density at radius 2 is 2.00 bits per heavy atom. The SMILES string of the molecule is O=c1[nH]c(Cn2nnc(-c3ccc(F)cc3)n2)nc2sc3c(c12)CCCC3. The minimum absolute atomic E-state index is 0.103. The van der Waals surface area contributed by atoms with Crippen LogP contribution in [-0.2, 0) is 19.4 Å². The smallest absolute Gasteiger partial charge is 0.259 e. The largest absolute Gasteiger partial charge is 0.308 e. The number of hydrogen-bond donors (Lipinski definition) is 1. The first-order valence-corrected chi connectivity index (χ1v) is 9.56. The molecule has 0 saturated carbocycles. The zero-order valence-corrected chi connectivity index (χ0v) is 15.1. The van der Waals surface area contributed by atoms with Crippen LogP contribution >= 0.6 is 11.3 Å². The molecule has 136 valence electrons. The van der Waals surface area contributed by atoms with Crippen LogP contribution in [0.1, 0.15) is 29.1 Å². The molecule has 0 spiro atoms. The van der Waals surface area contributed by atoms with Gasteiger partial charge in [0.2, 0.25) is 5.82 Å². The van der Waals surface area contributed by atoms with Crippen molar-refractivity contribution in [2.45, 2.75) is 32.2 Å². The number of benzene rings is 1. The molecule has 9 heteroatoms. The number of H-pyrrole nitrogens is 1. The molecule has 3 aromatic heterocycles. The highest BCUT2D eigenvalue weighted by atomic mass is 32.1. The number of thiophene rings is 1. The average Bonchev–Trinajstić information content (AvgIpc) is 3.26. The van der Waals surface area contributed by atoms with Crippen molar-refractivity contribution in [2.75, 3.05) is 0 Å². The number of halogens is 1. The van der Waals surface area contributed by atoms with Crippen molar-refractivity contribution in [1.82, 2.24) is 30.2 Å². The molecule has 1 aliphatic carbocycles. The lowest BCUT2D eigenvalue weighted by Crippen LogP contribution is -2.16. The highest BCUT2D eigenvalue weighted by Crippen LogP contribution is 2.33. The van der Waals surface area contributed by atoms with Crippen molar-refractivity contribution in [3.63, 3.8) is 0 Å². The fourth-order valence-corrected chi connectivity index (χ4v) is 4.72. The van der Waals surface area contributed by atoms with E-state index in [0.717, 1.165) is 29.5 Å². The second-order valence-corrected chi connectivity index (χ2v) is 7.64. The molecule has 1 aliphatic rings. The summed E-state index contributed by atoms with van der Waals surface area (Å²) >= 11 is 1.61. The summed E-state index contributed by atoms with van der Waals surface area (Å²) in [6.45, 7) is 0.210. The maximum Gasteiger partial charge on any atom is 0.259 e. The molecular formula is C18H15FN6OS. The number of aromatic amines is 1. The number of rotatable bonds is 3. The van der Waals surface area contributed by atoms with Gasteiger partial charge in [0.15, 0.2) is 0 Å². The van der Waals surface area contributed by atoms with Gasteiger partial charge in [-0.25, -0.2) is 9.37 Å². The van der Waals surface area contributed by atoms with Crippen LogP contribution < -0.4 is 5.56 Å². The Bertz CT molecular complexity index is 1190. The lowest BCUT2D eigenvalue weighted by molar-refractivity contribution is 0.555. The number of hydrogen-bond acceptors (Lipinski definition) is 6. The standard InChI is InChI=1S/C18H15FN6OS/c19-11-7-5-10(6-8-11)16-22-24-25(23-16)9-14-20-17(26)15-12-3-1-2-4-13(12)27-18(15)21-14/h5-8H,1-4,9H2,(H,20,21,26). The highest BCUT2D eigenvalue weighted by molar-refractivity contribution is 7.18. The topological polar surface area (TPSA) is 89.4 Å². The summed E-state index contributed by atoms with van der Waals surface area (Å²) in [7, 11) is 0. The highest BCUT2D eigenvalue weighted by Gasteiger charge is 2.20. The predicted octanol–water partition coefficient (Wildman–Crippen LogP) is 2.70. The molecule has 0 radical (unpaired) electrons. The summed E-state index contributed by atoms with van der Waals surface area (Å²) in [6, 6.07) is 5.89. The summed E-state index contributed by atoms with van der Waals surface area (Å²) in [5.74, 6) is 0.569. The Kier molecular flexibility index (Phi) is 3.82. The van der Waals surface area contributed by atoms with E-state index >= 15 is 0 Å². The van der Waals surface area contributed by atoms with E-state index in [0.29, 0.717) is 17.2 Å². The van der Waals surface area contributed by atoms with Crippen molar-refractivity contribution in [3.05, 3.63) is 56.7 Å². The number of fused-ring (bicyclic) bond motifs is 3. The van der Waals surface area contributed by atoms with Crippen LogP contribution in [0.2, 0.25) is 0 Å². The molecule has 7 nitrogen and oxygen atoms in total. The molecule has 0 atom stereocenters. The second-order valence-electron chi connectivity index (χ2n) is 6.55. The quantitative estimate of drug-likeness (QED) is 0.588. The van der Waals surface area contributed by atoms with Crippen LogP contribution in [0.25, 0.3) is 21.6 Å². The molecule has 3 heterocycles. The normalized spacial score (nSPS) is 13.8. The van der Waals surface area contributed by atoms with E-state index in [-0.39, 0.29) is 17.9 Å². The zero-order valence-electron chi connectivity index (χ0n) is 14.3. The molecule has 0 unspecified atom stereocenters. The number of tetrazole rings is 1. The molecule has 1 N–H and O–H groups in total. The van der Waals surface area contributed by atoms with E-state index in [1.165, 1.54) is 33.8 Å². The number of nitrogens with zero attached hydrogens (tertiary/aromatic N) is 5. The number of aromatic nitrogens is 6. The van der Waals surface area contributed by atoms with Crippen molar-refractivity contribution in [1.29, 1.82) is 0 Å². The summed E-state index contributed by atoms with van der Waals surface area (Å²) in [5, 5.41) is 13.0. The predicted molar refractivity (Wildman–Crippen MR) is 99.2 cm³/mol. The molecule has 0 fully saturated rings. The van der Waals surface area contributed by atoms with Crippen LogP contribution in [0, 0.1) is 5.82 Å². The van der Waals surface area contributed by atoms with Crippen molar-refractivity contribution < 1.29 is 4.39 Å². The van der Waals surface area contributed by atoms with E-state index in [2.05, 4.69) is 25.4 Å². The average molecular weight is 382 g/mol. The minimum atomic E-state index is -0.320. The van der Waals surface area contributed by atoms with E-state index in [1.807, 2.05) is 0 Å². The van der Waals surface area contributed by atoms with Crippen molar-refractivity contribution in [2.24, 2.45) is 0 Å². The van der Waals surface area contributed by atoms with E-state index in [1.54, 1.807) is 23.5 Å². The van der Waals surface area contributed by atoms with Gasteiger partial charge in [0.05, 0.1) is 5.39 Å². The Balaban J connectivity index is 1.46. The van der Waals surface area contributed by atoms with Crippen LogP contribution in [0.5, 0.6) is 0 Å². The van der Waals surface area contributed by atoms with E-state index < -0.39 is 0 Å². The van der Waals surface area contributed by atoms with Gasteiger partial charge in [0.1, 0.15) is 23.0 Å². The Morgan fingerprint density at radius 1 is 1.19 bits per heavy atom. The van der Waals surface area contributed by atoms with Gasteiger partial charge in [-0.1, -0.05) is 0 Å². The Hall–Kier alpha value is -2.94. The molecule has 0 aliphatic heterocycles. The number of aryl methyl sites for hydroxylation is 2. The van der Waals surface area contributed by atoms with Crippen LogP contribution in [-0.4, -0.2) is 30.2 Å². The van der Waals surface area contributed by atoms with Crippen molar-refractivity contribution in [3.8, 4) is 11.4 Å². The van der Waals surface area contributed by atoms with Gasteiger partial charge >= 0.3 is 0 Å². The molecule has 1 aromatic carbocycles. The minimum Gasteiger partial charge on any atom is -0.308 e. The van der Waals surface area contributed by atoms with Gasteiger partial charge in [0, 0.05) is 10.4 Å². The maximum absolute atomic E-state index is 13.0. The molecular weight excluding hydrogens is 367 g/mol. The molecule has 4 aromatic rings. The third-order valence-corrected chi connectivity index (χ3v) is 5.91. The molecule has 5 rings (SSSR count). The lowest BCUT2D eigenvalue weighted by Gasteiger charge is -2.09. The van der Waals surface area contributed by atoms with Gasteiger partial charge in [-0.3, -0.25) is 4.79 Å². The van der Waals surface area contributed by atoms with Crippen LogP contribution in [0.3, 0.4) is 0 Å². The monoisotopic (exact) mass is 382 g/mol. The van der Waals surface area contributed by atoms with Gasteiger partial charge in [-0.15, -0.1) is 21.5 Å². The fraction of sp³-hybridized carbons (Fsp3) is 0.278. The molecule has 0 amide bonds. The fourth-order valence-electron chi connectivity index (χ4n) is 3.44. The third-order valence-electron chi connectivity index (χ3n) is 4.72. The maximum atomic E-state index is 13.0. The Morgan fingerprint density at radius 3 is 2.85 bits per heavy atom. The van der Waals surface area contributed by atoms with Gasteiger partial charge < -0.3 is 4.98 Å². The van der Waals surface area contributed by atoms with Gasteiger partial charge in [0.25, 0.3) is 5.56 Å². The molecule has 0 bridgehead atoms. The Labute approximate surface area is 156 Å².